The first kappa shape index (κ1) is 15.1. The molecular formula is C13H22N2O2S. The Labute approximate surface area is 110 Å². The lowest BCUT2D eigenvalue weighted by Gasteiger charge is -2.21. The summed E-state index contributed by atoms with van der Waals surface area (Å²) >= 11 is 0. The zero-order chi connectivity index (χ0) is 13.9. The largest absolute Gasteiger partial charge is 0.329 e. The highest BCUT2D eigenvalue weighted by Gasteiger charge is 2.22. The summed E-state index contributed by atoms with van der Waals surface area (Å²) in [4.78, 5) is 0.326. The molecule has 1 aromatic carbocycles. The van der Waals surface area contributed by atoms with Crippen LogP contribution in [0.5, 0.6) is 0 Å². The Balaban J connectivity index is 3.06. The summed E-state index contributed by atoms with van der Waals surface area (Å²) < 4.78 is 27.2. The summed E-state index contributed by atoms with van der Waals surface area (Å²) in [5.41, 5.74) is 7.39. The molecule has 1 rings (SSSR count). The maximum atomic E-state index is 12.3. The van der Waals surface area contributed by atoms with Gasteiger partial charge in [-0.05, 0) is 31.4 Å². The summed E-state index contributed by atoms with van der Waals surface area (Å²) in [6.45, 7) is 7.92. The van der Waals surface area contributed by atoms with Crippen LogP contribution in [0.2, 0.25) is 0 Å². The molecule has 4 nitrogen and oxygen atoms in total. The standard InChI is InChI=1S/C13H22N2O2S/c1-9(2)12(8-14)15-18(16,17)13-6-5-10(3)7-11(13)4/h5-7,9,12,15H,8,14H2,1-4H3. The maximum Gasteiger partial charge on any atom is 0.241 e. The van der Waals surface area contributed by atoms with Crippen molar-refractivity contribution in [1.82, 2.24) is 4.72 Å². The van der Waals surface area contributed by atoms with E-state index in [2.05, 4.69) is 4.72 Å². The van der Waals surface area contributed by atoms with Gasteiger partial charge < -0.3 is 5.73 Å². The summed E-state index contributed by atoms with van der Waals surface area (Å²) in [5.74, 6) is 0.163. The maximum absolute atomic E-state index is 12.3. The molecule has 0 aliphatic carbocycles. The molecule has 0 amide bonds. The lowest BCUT2D eigenvalue weighted by Crippen LogP contribution is -2.43. The topological polar surface area (TPSA) is 72.2 Å². The second kappa shape index (κ2) is 5.82. The molecule has 0 radical (unpaired) electrons. The van der Waals surface area contributed by atoms with Crippen LogP contribution in [0.15, 0.2) is 23.1 Å². The minimum atomic E-state index is -3.49. The fourth-order valence-electron chi connectivity index (χ4n) is 1.82. The first-order chi connectivity index (χ1) is 8.27. The highest BCUT2D eigenvalue weighted by Crippen LogP contribution is 2.17. The molecule has 0 fully saturated rings. The third-order valence-electron chi connectivity index (χ3n) is 2.99. The number of hydrogen-bond acceptors (Lipinski definition) is 3. The summed E-state index contributed by atoms with van der Waals surface area (Å²) in [7, 11) is -3.49. The quantitative estimate of drug-likeness (QED) is 0.853. The van der Waals surface area contributed by atoms with Gasteiger partial charge in [0.05, 0.1) is 4.90 Å². The molecule has 1 atom stereocenters. The second-order valence-corrected chi connectivity index (χ2v) is 6.66. The van der Waals surface area contributed by atoms with Crippen molar-refractivity contribution in [3.8, 4) is 0 Å². The predicted molar refractivity (Wildman–Crippen MR) is 73.9 cm³/mol. The highest BCUT2D eigenvalue weighted by molar-refractivity contribution is 7.89. The molecule has 5 heteroatoms. The van der Waals surface area contributed by atoms with Crippen LogP contribution in [0.25, 0.3) is 0 Å². The summed E-state index contributed by atoms with van der Waals surface area (Å²) in [6.07, 6.45) is 0. The van der Waals surface area contributed by atoms with E-state index in [1.807, 2.05) is 26.8 Å². The van der Waals surface area contributed by atoms with Crippen molar-refractivity contribution in [2.24, 2.45) is 11.7 Å². The van der Waals surface area contributed by atoms with Crippen molar-refractivity contribution in [3.63, 3.8) is 0 Å². The van der Waals surface area contributed by atoms with E-state index in [0.717, 1.165) is 11.1 Å². The van der Waals surface area contributed by atoms with Gasteiger partial charge >= 0.3 is 0 Å². The van der Waals surface area contributed by atoms with Crippen molar-refractivity contribution >= 4 is 10.0 Å². The van der Waals surface area contributed by atoms with E-state index >= 15 is 0 Å². The van der Waals surface area contributed by atoms with Gasteiger partial charge in [-0.15, -0.1) is 0 Å². The van der Waals surface area contributed by atoms with Crippen molar-refractivity contribution in [1.29, 1.82) is 0 Å². The number of nitrogens with two attached hydrogens (primary N) is 1. The SMILES string of the molecule is Cc1ccc(S(=O)(=O)NC(CN)C(C)C)c(C)c1. The Morgan fingerprint density at radius 2 is 1.89 bits per heavy atom. The third kappa shape index (κ3) is 3.54. The Morgan fingerprint density at radius 3 is 2.33 bits per heavy atom. The Kier molecular flexibility index (Phi) is 4.90. The molecular weight excluding hydrogens is 248 g/mol. The van der Waals surface area contributed by atoms with Gasteiger partial charge in [0.1, 0.15) is 0 Å². The lowest BCUT2D eigenvalue weighted by molar-refractivity contribution is 0.454. The van der Waals surface area contributed by atoms with Gasteiger partial charge in [0.25, 0.3) is 0 Å². The van der Waals surface area contributed by atoms with E-state index in [4.69, 9.17) is 5.73 Å². The van der Waals surface area contributed by atoms with Crippen LogP contribution in [0.1, 0.15) is 25.0 Å². The van der Waals surface area contributed by atoms with Crippen LogP contribution in [0, 0.1) is 19.8 Å². The van der Waals surface area contributed by atoms with Gasteiger partial charge in [0.15, 0.2) is 0 Å². The molecule has 102 valence electrons. The van der Waals surface area contributed by atoms with Gasteiger partial charge in [-0.25, -0.2) is 13.1 Å². The van der Waals surface area contributed by atoms with Crippen LogP contribution < -0.4 is 10.5 Å². The van der Waals surface area contributed by atoms with Crippen molar-refractivity contribution in [3.05, 3.63) is 29.3 Å². The Morgan fingerprint density at radius 1 is 1.28 bits per heavy atom. The van der Waals surface area contributed by atoms with E-state index in [0.29, 0.717) is 11.4 Å². The van der Waals surface area contributed by atoms with Crippen LogP contribution in [-0.2, 0) is 10.0 Å². The molecule has 0 saturated heterocycles. The van der Waals surface area contributed by atoms with Gasteiger partial charge in [-0.2, -0.15) is 0 Å². The summed E-state index contributed by atoms with van der Waals surface area (Å²) in [6, 6.07) is 5.06. The van der Waals surface area contributed by atoms with Crippen molar-refractivity contribution < 1.29 is 8.42 Å². The van der Waals surface area contributed by atoms with Crippen LogP contribution >= 0.6 is 0 Å². The van der Waals surface area contributed by atoms with Crippen LogP contribution in [0.3, 0.4) is 0 Å². The van der Waals surface area contributed by atoms with E-state index in [9.17, 15) is 8.42 Å². The molecule has 1 unspecified atom stereocenters. The molecule has 0 aliphatic heterocycles. The normalized spacial score (nSPS) is 13.9. The van der Waals surface area contributed by atoms with Crippen molar-refractivity contribution in [2.45, 2.75) is 38.6 Å². The van der Waals surface area contributed by atoms with Crippen LogP contribution in [0.4, 0.5) is 0 Å². The number of hydrogen-bond donors (Lipinski definition) is 2. The van der Waals surface area contributed by atoms with E-state index < -0.39 is 10.0 Å². The second-order valence-electron chi connectivity index (χ2n) is 4.98. The molecule has 18 heavy (non-hydrogen) atoms. The zero-order valence-corrected chi connectivity index (χ0v) is 12.2. The van der Waals surface area contributed by atoms with Gasteiger partial charge in [-0.3, -0.25) is 0 Å². The Bertz CT molecular complexity index is 510. The van der Waals surface area contributed by atoms with Gasteiger partial charge in [0.2, 0.25) is 10.0 Å². The van der Waals surface area contributed by atoms with Crippen LogP contribution in [-0.4, -0.2) is 21.0 Å². The number of sulfonamides is 1. The van der Waals surface area contributed by atoms with E-state index in [1.54, 1.807) is 19.1 Å². The highest BCUT2D eigenvalue weighted by atomic mass is 32.2. The molecule has 0 spiro atoms. The first-order valence-corrected chi connectivity index (χ1v) is 7.56. The predicted octanol–water partition coefficient (Wildman–Crippen LogP) is 1.57. The number of aryl methyl sites for hydroxylation is 2. The van der Waals surface area contributed by atoms with E-state index in [-0.39, 0.29) is 12.0 Å². The third-order valence-corrected chi connectivity index (χ3v) is 4.64. The first-order valence-electron chi connectivity index (χ1n) is 6.07. The monoisotopic (exact) mass is 270 g/mol. The average Bonchev–Trinajstić information content (AvgIpc) is 2.24. The molecule has 3 N–H and O–H groups in total. The molecule has 0 heterocycles. The fraction of sp³-hybridized carbons (Fsp3) is 0.538. The number of rotatable bonds is 5. The van der Waals surface area contributed by atoms with Gasteiger partial charge in [0, 0.05) is 12.6 Å². The van der Waals surface area contributed by atoms with E-state index in [1.165, 1.54) is 0 Å². The lowest BCUT2D eigenvalue weighted by atomic mass is 10.1. The fourth-order valence-corrected chi connectivity index (χ4v) is 3.44. The molecule has 1 aromatic rings. The number of benzene rings is 1. The minimum absolute atomic E-state index is 0.163. The molecule has 0 saturated carbocycles. The smallest absolute Gasteiger partial charge is 0.241 e. The Hall–Kier alpha value is -0.910. The molecule has 0 aromatic heterocycles. The number of nitrogens with one attached hydrogen (secondary N) is 1. The molecule has 0 aliphatic rings. The zero-order valence-electron chi connectivity index (χ0n) is 11.4. The average molecular weight is 270 g/mol. The summed E-state index contributed by atoms with van der Waals surface area (Å²) in [5, 5.41) is 0. The van der Waals surface area contributed by atoms with Gasteiger partial charge in [-0.1, -0.05) is 31.5 Å². The minimum Gasteiger partial charge on any atom is -0.329 e. The van der Waals surface area contributed by atoms with Crippen molar-refractivity contribution in [2.75, 3.05) is 6.54 Å². The molecule has 0 bridgehead atoms.